The second-order valence-corrected chi connectivity index (χ2v) is 7.39. The maximum Gasteiger partial charge on any atom is 0.256 e. The average molecular weight is 476 g/mol. The number of benzene rings is 2. The molecule has 33 heavy (non-hydrogen) atoms. The van der Waals surface area contributed by atoms with Gasteiger partial charge >= 0.3 is 0 Å². The molecule has 0 atom stereocenters. The first-order valence-corrected chi connectivity index (χ1v) is 10.2. The van der Waals surface area contributed by atoms with Crippen molar-refractivity contribution in [1.82, 2.24) is 15.1 Å². The number of methoxy groups -OCH3 is 2. The van der Waals surface area contributed by atoms with Crippen LogP contribution in [0.3, 0.4) is 0 Å². The molecule has 0 unspecified atom stereocenters. The van der Waals surface area contributed by atoms with Gasteiger partial charge in [-0.15, -0.1) is 17.5 Å². The molecule has 10 heteroatoms. The Labute approximate surface area is 199 Å². The van der Waals surface area contributed by atoms with Crippen LogP contribution >= 0.6 is 12.4 Å². The highest BCUT2D eigenvalue weighted by atomic mass is 35.5. The Bertz CT molecular complexity index is 1000. The predicted molar refractivity (Wildman–Crippen MR) is 131 cm³/mol. The van der Waals surface area contributed by atoms with E-state index in [9.17, 15) is 4.79 Å². The topological polar surface area (TPSA) is 101 Å². The summed E-state index contributed by atoms with van der Waals surface area (Å²) in [6, 6.07) is 14.5. The van der Waals surface area contributed by atoms with Crippen LogP contribution in [0, 0.1) is 0 Å². The molecule has 9 nitrogen and oxygen atoms in total. The average Bonchev–Trinajstić information content (AvgIpc) is 3.24. The van der Waals surface area contributed by atoms with Crippen molar-refractivity contribution < 1.29 is 19.0 Å². The zero-order valence-electron chi connectivity index (χ0n) is 19.2. The van der Waals surface area contributed by atoms with Crippen molar-refractivity contribution in [3.63, 3.8) is 0 Å². The maximum absolute atomic E-state index is 12.5. The molecule has 2 aromatic carbocycles. The van der Waals surface area contributed by atoms with Crippen LogP contribution in [0.2, 0.25) is 0 Å². The van der Waals surface area contributed by atoms with E-state index in [1.54, 1.807) is 38.5 Å². The van der Waals surface area contributed by atoms with Crippen LogP contribution in [0.15, 0.2) is 48.5 Å². The third-order valence-corrected chi connectivity index (χ3v) is 4.64. The number of hydrogen-bond acceptors (Lipinski definition) is 7. The van der Waals surface area contributed by atoms with Crippen LogP contribution in [0.1, 0.15) is 15.9 Å². The Kier molecular flexibility index (Phi) is 9.84. The third kappa shape index (κ3) is 7.89. The zero-order valence-corrected chi connectivity index (χ0v) is 20.0. The van der Waals surface area contributed by atoms with Crippen molar-refractivity contribution in [2.24, 2.45) is 0 Å². The maximum atomic E-state index is 12.5. The summed E-state index contributed by atoms with van der Waals surface area (Å²) in [5.41, 5.74) is 2.38. The fraction of sp³-hybridized carbons (Fsp3) is 0.304. The number of rotatable bonds is 11. The first-order valence-electron chi connectivity index (χ1n) is 10.2. The summed E-state index contributed by atoms with van der Waals surface area (Å²) in [6.45, 7) is 2.03. The van der Waals surface area contributed by atoms with Gasteiger partial charge in [-0.05, 0) is 56.1 Å². The van der Waals surface area contributed by atoms with Gasteiger partial charge in [0.2, 0.25) is 5.88 Å². The molecule has 3 aromatic rings. The van der Waals surface area contributed by atoms with Crippen LogP contribution in [-0.2, 0) is 6.61 Å². The fourth-order valence-electron chi connectivity index (χ4n) is 2.91. The largest absolute Gasteiger partial charge is 0.497 e. The molecule has 3 rings (SSSR count). The van der Waals surface area contributed by atoms with Gasteiger partial charge in [0.1, 0.15) is 23.9 Å². The normalized spacial score (nSPS) is 10.3. The Hall–Kier alpha value is -3.43. The molecule has 3 N–H and O–H groups in total. The van der Waals surface area contributed by atoms with Crippen molar-refractivity contribution in [3.8, 4) is 17.4 Å². The van der Waals surface area contributed by atoms with E-state index in [1.807, 2.05) is 38.4 Å². The first-order chi connectivity index (χ1) is 15.5. The summed E-state index contributed by atoms with van der Waals surface area (Å²) in [5, 5.41) is 13.0. The molecule has 1 heterocycles. The van der Waals surface area contributed by atoms with Crippen LogP contribution in [0.25, 0.3) is 0 Å². The minimum absolute atomic E-state index is 0. The van der Waals surface area contributed by atoms with E-state index in [0.717, 1.165) is 24.3 Å². The summed E-state index contributed by atoms with van der Waals surface area (Å²) >= 11 is 0. The van der Waals surface area contributed by atoms with Gasteiger partial charge in [-0.25, -0.2) is 0 Å². The Morgan fingerprint density at radius 3 is 2.30 bits per heavy atom. The number of carbonyl (C=O) groups excluding carboxylic acids is 1. The van der Waals surface area contributed by atoms with Gasteiger partial charge in [-0.1, -0.05) is 0 Å². The molecule has 0 bridgehead atoms. The van der Waals surface area contributed by atoms with Gasteiger partial charge in [-0.2, -0.15) is 0 Å². The number of hydrogen-bond donors (Lipinski definition) is 3. The highest BCUT2D eigenvalue weighted by Gasteiger charge is 2.10. The number of ether oxygens (including phenoxy) is 3. The molecule has 0 fully saturated rings. The first kappa shape index (κ1) is 25.8. The van der Waals surface area contributed by atoms with Crippen LogP contribution in [0.4, 0.5) is 11.5 Å². The molecule has 0 aliphatic heterocycles. The second kappa shape index (κ2) is 12.6. The summed E-state index contributed by atoms with van der Waals surface area (Å²) in [7, 11) is 7.24. The molecule has 1 aromatic heterocycles. The number of aromatic nitrogens is 2. The molecule has 0 spiro atoms. The van der Waals surface area contributed by atoms with Gasteiger partial charge in [0.05, 0.1) is 14.2 Å². The molecule has 0 saturated carbocycles. The SMILES string of the molecule is COc1cc(COc2cc(NC(=O)c3ccc(NCCN(C)C)cc3)[nH]n2)cc(OC)c1.Cl. The van der Waals surface area contributed by atoms with E-state index in [0.29, 0.717) is 28.8 Å². The standard InChI is InChI=1S/C23H29N5O4.ClH/c1-28(2)10-9-24-18-7-5-17(6-8-18)23(29)25-21-14-22(27-26-21)32-15-16-11-19(30-3)13-20(12-16)31-4;/h5-8,11-14,24H,9-10,15H2,1-4H3,(H2,25,26,27,29);1H. The zero-order chi connectivity index (χ0) is 22.9. The number of amides is 1. The molecule has 0 radical (unpaired) electrons. The van der Waals surface area contributed by atoms with Gasteiger partial charge < -0.3 is 29.7 Å². The van der Waals surface area contributed by atoms with E-state index in [2.05, 4.69) is 25.7 Å². The molecule has 0 aliphatic rings. The minimum atomic E-state index is -0.238. The van der Waals surface area contributed by atoms with E-state index < -0.39 is 0 Å². The Morgan fingerprint density at radius 1 is 1.03 bits per heavy atom. The van der Waals surface area contributed by atoms with E-state index >= 15 is 0 Å². The number of nitrogens with zero attached hydrogens (tertiary/aromatic N) is 2. The molecule has 0 saturated heterocycles. The molecule has 178 valence electrons. The highest BCUT2D eigenvalue weighted by molar-refractivity contribution is 6.04. The van der Waals surface area contributed by atoms with E-state index in [1.165, 1.54) is 0 Å². The molecule has 1 amide bonds. The quantitative estimate of drug-likeness (QED) is 0.389. The lowest BCUT2D eigenvalue weighted by Gasteiger charge is -2.11. The number of aromatic amines is 1. The van der Waals surface area contributed by atoms with Crippen LogP contribution in [0.5, 0.6) is 17.4 Å². The Morgan fingerprint density at radius 2 is 1.70 bits per heavy atom. The second-order valence-electron chi connectivity index (χ2n) is 7.39. The Balaban J connectivity index is 0.00000385. The van der Waals surface area contributed by atoms with Crippen molar-refractivity contribution in [1.29, 1.82) is 0 Å². The number of likely N-dealkylation sites (N-methyl/N-ethyl adjacent to an activating group) is 1. The highest BCUT2D eigenvalue weighted by Crippen LogP contribution is 2.24. The number of H-pyrrole nitrogens is 1. The summed E-state index contributed by atoms with van der Waals surface area (Å²) in [5.74, 6) is 1.93. The predicted octanol–water partition coefficient (Wildman–Crippen LogP) is 3.65. The lowest BCUT2D eigenvalue weighted by atomic mass is 10.2. The lowest BCUT2D eigenvalue weighted by molar-refractivity contribution is 0.102. The van der Waals surface area contributed by atoms with E-state index in [4.69, 9.17) is 14.2 Å². The smallest absolute Gasteiger partial charge is 0.256 e. The van der Waals surface area contributed by atoms with Crippen LogP contribution in [-0.4, -0.2) is 62.4 Å². The number of anilines is 2. The lowest BCUT2D eigenvalue weighted by Crippen LogP contribution is -2.20. The van der Waals surface area contributed by atoms with Crippen molar-refractivity contribution in [3.05, 3.63) is 59.7 Å². The van der Waals surface area contributed by atoms with E-state index in [-0.39, 0.29) is 24.9 Å². The third-order valence-electron chi connectivity index (χ3n) is 4.64. The summed E-state index contributed by atoms with van der Waals surface area (Å²) in [6.07, 6.45) is 0. The van der Waals surface area contributed by atoms with Crippen LogP contribution < -0.4 is 24.8 Å². The fourth-order valence-corrected chi connectivity index (χ4v) is 2.91. The van der Waals surface area contributed by atoms with Gasteiger partial charge in [0.25, 0.3) is 5.91 Å². The number of halogens is 1. The molecular weight excluding hydrogens is 446 g/mol. The summed E-state index contributed by atoms with van der Waals surface area (Å²) < 4.78 is 16.2. The van der Waals surface area contributed by atoms with Crippen molar-refractivity contribution in [2.75, 3.05) is 52.0 Å². The van der Waals surface area contributed by atoms with Gasteiger partial charge in [0.15, 0.2) is 0 Å². The van der Waals surface area contributed by atoms with Crippen molar-refractivity contribution in [2.45, 2.75) is 6.61 Å². The van der Waals surface area contributed by atoms with Gasteiger partial charge in [0, 0.05) is 36.5 Å². The number of nitrogens with one attached hydrogen (secondary N) is 3. The monoisotopic (exact) mass is 475 g/mol. The van der Waals surface area contributed by atoms with Crippen molar-refractivity contribution >= 4 is 29.8 Å². The number of carbonyl (C=O) groups is 1. The minimum Gasteiger partial charge on any atom is -0.497 e. The summed E-state index contributed by atoms with van der Waals surface area (Å²) in [4.78, 5) is 14.6. The van der Waals surface area contributed by atoms with Gasteiger partial charge in [-0.3, -0.25) is 9.89 Å². The molecule has 0 aliphatic carbocycles. The molecular formula is C23H30ClN5O4.